The first-order chi connectivity index (χ1) is 14.5. The van der Waals surface area contributed by atoms with E-state index >= 15 is 0 Å². The first kappa shape index (κ1) is 23.9. The number of hydrogen-bond acceptors (Lipinski definition) is 8. The Morgan fingerprint density at radius 3 is 2.35 bits per heavy atom. The molecule has 0 aliphatic carbocycles. The van der Waals surface area contributed by atoms with Gasteiger partial charge in [0.1, 0.15) is 0 Å². The van der Waals surface area contributed by atoms with E-state index in [2.05, 4.69) is 28.7 Å². The number of aromatic nitrogens is 2. The van der Waals surface area contributed by atoms with Gasteiger partial charge in [-0.15, -0.1) is 0 Å². The fraction of sp³-hybridized carbons (Fsp3) is 0.762. The molecule has 0 radical (unpaired) electrons. The standard InChI is InChI=1S/C21H35BN4O5/c1-14(2)26(16-8-7-9-25(12-16)18(29)17(28)13-27)19-23-10-15(11-24-19)22-30-20(3,4)21(5,6)31-22/h10-11,14,16-17,27-28H,7-9,12-13H2,1-6H3/t16-,17-/m0/s1. The fourth-order valence-electron chi connectivity index (χ4n) is 4.05. The summed E-state index contributed by atoms with van der Waals surface area (Å²) in [5.74, 6) is 0.144. The smallest absolute Gasteiger partial charge is 0.399 e. The molecule has 3 heterocycles. The second-order valence-electron chi connectivity index (χ2n) is 9.68. The number of piperidine rings is 1. The number of carbonyl (C=O) groups is 1. The minimum Gasteiger partial charge on any atom is -0.399 e. The Morgan fingerprint density at radius 1 is 1.26 bits per heavy atom. The number of anilines is 1. The van der Waals surface area contributed by atoms with Crippen molar-refractivity contribution in [1.29, 1.82) is 0 Å². The summed E-state index contributed by atoms with van der Waals surface area (Å²) in [6.07, 6.45) is 3.80. The Balaban J connectivity index is 1.76. The van der Waals surface area contributed by atoms with Crippen LogP contribution in [-0.4, -0.2) is 87.2 Å². The molecule has 1 amide bonds. The van der Waals surface area contributed by atoms with Crippen LogP contribution in [-0.2, 0) is 14.1 Å². The quantitative estimate of drug-likeness (QED) is 0.617. The van der Waals surface area contributed by atoms with E-state index in [9.17, 15) is 9.90 Å². The molecule has 0 aromatic carbocycles. The summed E-state index contributed by atoms with van der Waals surface area (Å²) in [5.41, 5.74) is -0.104. The summed E-state index contributed by atoms with van der Waals surface area (Å²) in [6.45, 7) is 12.6. The minimum absolute atomic E-state index is 0.0197. The molecule has 1 aromatic heterocycles. The molecule has 2 N–H and O–H groups in total. The van der Waals surface area contributed by atoms with Crippen molar-refractivity contribution in [3.05, 3.63) is 12.4 Å². The Hall–Kier alpha value is -1.75. The van der Waals surface area contributed by atoms with Gasteiger partial charge in [-0.05, 0) is 54.4 Å². The third-order valence-corrected chi connectivity index (χ3v) is 6.53. The normalized spacial score (nSPS) is 23.8. The number of likely N-dealkylation sites (tertiary alicyclic amines) is 1. The molecule has 2 saturated heterocycles. The van der Waals surface area contributed by atoms with Crippen molar-refractivity contribution in [3.8, 4) is 0 Å². The van der Waals surface area contributed by atoms with E-state index in [0.717, 1.165) is 18.3 Å². The maximum absolute atomic E-state index is 12.3. The molecule has 2 aliphatic heterocycles. The van der Waals surface area contributed by atoms with Crippen LogP contribution in [0.2, 0.25) is 0 Å². The lowest BCUT2D eigenvalue weighted by Gasteiger charge is -2.41. The number of hydrogen-bond donors (Lipinski definition) is 2. The number of amides is 1. The van der Waals surface area contributed by atoms with Gasteiger partial charge in [-0.3, -0.25) is 4.79 Å². The lowest BCUT2D eigenvalue weighted by Crippen LogP contribution is -2.54. The lowest BCUT2D eigenvalue weighted by atomic mass is 9.81. The van der Waals surface area contributed by atoms with Gasteiger partial charge in [0, 0.05) is 43.0 Å². The number of aliphatic hydroxyl groups excluding tert-OH is 2. The van der Waals surface area contributed by atoms with E-state index in [4.69, 9.17) is 14.4 Å². The number of aliphatic hydroxyl groups is 2. The third kappa shape index (κ3) is 4.87. The van der Waals surface area contributed by atoms with Crippen LogP contribution in [0, 0.1) is 0 Å². The van der Waals surface area contributed by atoms with Gasteiger partial charge in [0.15, 0.2) is 6.10 Å². The highest BCUT2D eigenvalue weighted by Crippen LogP contribution is 2.36. The predicted octanol–water partition coefficient (Wildman–Crippen LogP) is 0.335. The molecular weight excluding hydrogens is 399 g/mol. The molecule has 1 aromatic rings. The maximum atomic E-state index is 12.3. The molecule has 172 valence electrons. The number of carbonyl (C=O) groups excluding carboxylic acids is 1. The van der Waals surface area contributed by atoms with Gasteiger partial charge in [0.25, 0.3) is 5.91 Å². The van der Waals surface area contributed by atoms with E-state index in [1.54, 1.807) is 17.3 Å². The molecule has 3 rings (SSSR count). The van der Waals surface area contributed by atoms with Crippen LogP contribution in [0.3, 0.4) is 0 Å². The average molecular weight is 434 g/mol. The summed E-state index contributed by atoms with van der Waals surface area (Å²) < 4.78 is 12.2. The van der Waals surface area contributed by atoms with Gasteiger partial charge < -0.3 is 29.3 Å². The van der Waals surface area contributed by atoms with Crippen molar-refractivity contribution >= 4 is 24.4 Å². The molecule has 9 nitrogen and oxygen atoms in total. The highest BCUT2D eigenvalue weighted by Gasteiger charge is 2.52. The maximum Gasteiger partial charge on any atom is 0.498 e. The van der Waals surface area contributed by atoms with Gasteiger partial charge in [0.2, 0.25) is 5.95 Å². The predicted molar refractivity (Wildman–Crippen MR) is 118 cm³/mol. The van der Waals surface area contributed by atoms with Crippen LogP contribution >= 0.6 is 0 Å². The fourth-order valence-corrected chi connectivity index (χ4v) is 4.05. The Labute approximate surface area is 184 Å². The molecule has 0 bridgehead atoms. The SMILES string of the molecule is CC(C)N(c1ncc(B2OC(C)(C)C(C)(C)O2)cn1)[C@H]1CCCN(C(=O)[C@@H](O)CO)C1. The molecular formula is C21H35BN4O5. The highest BCUT2D eigenvalue weighted by molar-refractivity contribution is 6.61. The molecule has 0 saturated carbocycles. The third-order valence-electron chi connectivity index (χ3n) is 6.53. The van der Waals surface area contributed by atoms with Crippen molar-refractivity contribution in [3.63, 3.8) is 0 Å². The van der Waals surface area contributed by atoms with E-state index in [0.29, 0.717) is 19.0 Å². The first-order valence-corrected chi connectivity index (χ1v) is 11.0. The van der Waals surface area contributed by atoms with Crippen LogP contribution in [0.1, 0.15) is 54.4 Å². The van der Waals surface area contributed by atoms with Crippen LogP contribution < -0.4 is 10.4 Å². The van der Waals surface area contributed by atoms with Crippen molar-refractivity contribution < 1.29 is 24.3 Å². The van der Waals surface area contributed by atoms with E-state index in [-0.39, 0.29) is 12.1 Å². The zero-order valence-electron chi connectivity index (χ0n) is 19.4. The van der Waals surface area contributed by atoms with Crippen molar-refractivity contribution in [1.82, 2.24) is 14.9 Å². The van der Waals surface area contributed by atoms with Crippen molar-refractivity contribution in [2.75, 3.05) is 24.6 Å². The summed E-state index contributed by atoms with van der Waals surface area (Å²) in [5, 5.41) is 18.8. The lowest BCUT2D eigenvalue weighted by molar-refractivity contribution is -0.143. The van der Waals surface area contributed by atoms with Gasteiger partial charge >= 0.3 is 7.12 Å². The summed E-state index contributed by atoms with van der Waals surface area (Å²) in [7, 11) is -0.519. The monoisotopic (exact) mass is 434 g/mol. The van der Waals surface area contributed by atoms with Gasteiger partial charge in [-0.2, -0.15) is 0 Å². The molecule has 2 atom stereocenters. The van der Waals surface area contributed by atoms with E-state index < -0.39 is 36.9 Å². The zero-order chi connectivity index (χ0) is 23.0. The minimum atomic E-state index is -1.37. The second kappa shape index (κ2) is 9.01. The van der Waals surface area contributed by atoms with Crippen LogP contribution in [0.25, 0.3) is 0 Å². The molecule has 31 heavy (non-hydrogen) atoms. The average Bonchev–Trinajstić information content (AvgIpc) is 2.94. The summed E-state index contributed by atoms with van der Waals surface area (Å²) in [4.78, 5) is 25.3. The Bertz CT molecular complexity index is 758. The van der Waals surface area contributed by atoms with Gasteiger partial charge in [0.05, 0.1) is 17.8 Å². The molecule has 2 aliphatic rings. The summed E-state index contributed by atoms with van der Waals surface area (Å²) in [6, 6.07) is 0.136. The second-order valence-corrected chi connectivity index (χ2v) is 9.68. The van der Waals surface area contributed by atoms with E-state index in [1.165, 1.54) is 0 Å². The molecule has 2 fully saturated rings. The van der Waals surface area contributed by atoms with Crippen LogP contribution in [0.15, 0.2) is 12.4 Å². The molecule has 0 spiro atoms. The van der Waals surface area contributed by atoms with Gasteiger partial charge in [-0.1, -0.05) is 0 Å². The molecule has 10 heteroatoms. The van der Waals surface area contributed by atoms with Crippen molar-refractivity contribution in [2.45, 2.75) is 83.8 Å². The Morgan fingerprint density at radius 2 is 1.84 bits per heavy atom. The van der Waals surface area contributed by atoms with Gasteiger partial charge in [-0.25, -0.2) is 9.97 Å². The topological polar surface area (TPSA) is 108 Å². The molecule has 0 unspecified atom stereocenters. The Kier molecular flexibility index (Phi) is 6.95. The largest absolute Gasteiger partial charge is 0.498 e. The zero-order valence-corrected chi connectivity index (χ0v) is 19.4. The highest BCUT2D eigenvalue weighted by atomic mass is 16.7. The van der Waals surface area contributed by atoms with E-state index in [1.807, 2.05) is 27.7 Å². The van der Waals surface area contributed by atoms with Crippen LogP contribution in [0.4, 0.5) is 5.95 Å². The summed E-state index contributed by atoms with van der Waals surface area (Å²) >= 11 is 0. The number of rotatable bonds is 6. The van der Waals surface area contributed by atoms with Crippen LogP contribution in [0.5, 0.6) is 0 Å². The first-order valence-electron chi connectivity index (χ1n) is 11.0. The van der Waals surface area contributed by atoms with Crippen molar-refractivity contribution in [2.24, 2.45) is 0 Å². The number of nitrogens with zero attached hydrogens (tertiary/aromatic N) is 4.